The Morgan fingerprint density at radius 3 is 2.07 bits per heavy atom. The Morgan fingerprint density at radius 2 is 1.50 bits per heavy atom. The highest BCUT2D eigenvalue weighted by Gasteiger charge is 2.15. The summed E-state index contributed by atoms with van der Waals surface area (Å²) in [5, 5.41) is 40.0. The molecule has 0 unspecified atom stereocenters. The molecule has 11 nitrogen and oxygen atoms in total. The summed E-state index contributed by atoms with van der Waals surface area (Å²) in [6.07, 6.45) is 4.32. The van der Waals surface area contributed by atoms with Gasteiger partial charge in [-0.15, -0.1) is 0 Å². The van der Waals surface area contributed by atoms with Crippen LogP contribution in [-0.4, -0.2) is 32.0 Å². The summed E-state index contributed by atoms with van der Waals surface area (Å²) >= 11 is 0. The van der Waals surface area contributed by atoms with Crippen molar-refractivity contribution in [1.29, 1.82) is 0 Å². The van der Waals surface area contributed by atoms with Crippen molar-refractivity contribution in [1.82, 2.24) is 0 Å². The van der Waals surface area contributed by atoms with E-state index in [0.29, 0.717) is 11.1 Å². The van der Waals surface area contributed by atoms with Gasteiger partial charge >= 0.3 is 17.6 Å². The van der Waals surface area contributed by atoms with Gasteiger partial charge in [-0.1, -0.05) is 0 Å². The summed E-state index contributed by atoms with van der Waals surface area (Å²) in [6.45, 7) is -0.445. The number of phenols is 1. The third-order valence-electron chi connectivity index (χ3n) is 3.70. The molecule has 0 aliphatic rings. The van der Waals surface area contributed by atoms with Gasteiger partial charge in [-0.05, 0) is 47.5 Å². The number of rotatable bonds is 8. The highest BCUT2D eigenvalue weighted by molar-refractivity contribution is 5.87. The quantitative estimate of drug-likeness (QED) is 0.285. The van der Waals surface area contributed by atoms with Gasteiger partial charge in [-0.25, -0.2) is 9.59 Å². The van der Waals surface area contributed by atoms with E-state index >= 15 is 0 Å². The van der Waals surface area contributed by atoms with Crippen LogP contribution in [0.3, 0.4) is 0 Å². The van der Waals surface area contributed by atoms with E-state index < -0.39 is 39.8 Å². The SMILES string of the molecule is O=C(O)/C=C/c1ccc([N+](=O)[O-])c(COC(=O)/C=C/c2ccc([N+](=O)[O-])c(O)c2)c1. The molecule has 0 radical (unpaired) electrons. The molecule has 0 amide bonds. The number of aliphatic carboxylic acids is 1. The lowest BCUT2D eigenvalue weighted by Crippen LogP contribution is -2.04. The van der Waals surface area contributed by atoms with Crippen molar-refractivity contribution in [2.75, 3.05) is 0 Å². The molecule has 2 aromatic carbocycles. The first kappa shape index (κ1) is 21.8. The Kier molecular flexibility index (Phi) is 6.96. The van der Waals surface area contributed by atoms with Gasteiger partial charge in [0.05, 0.1) is 15.4 Å². The number of carboxylic acids is 1. The fourth-order valence-corrected chi connectivity index (χ4v) is 2.33. The van der Waals surface area contributed by atoms with Gasteiger partial charge in [-0.2, -0.15) is 0 Å². The van der Waals surface area contributed by atoms with Gasteiger partial charge in [-0.3, -0.25) is 20.2 Å². The Hall–Kier alpha value is -4.54. The van der Waals surface area contributed by atoms with E-state index in [-0.39, 0.29) is 11.3 Å². The second kappa shape index (κ2) is 9.59. The zero-order valence-corrected chi connectivity index (χ0v) is 15.1. The number of aromatic hydroxyl groups is 1. The number of benzene rings is 2. The Balaban J connectivity index is 2.11. The first-order valence-corrected chi connectivity index (χ1v) is 8.18. The normalized spacial score (nSPS) is 10.9. The number of carboxylic acid groups (broad SMARTS) is 1. The van der Waals surface area contributed by atoms with E-state index in [9.17, 15) is 34.9 Å². The second-order valence-electron chi connectivity index (χ2n) is 5.76. The lowest BCUT2D eigenvalue weighted by atomic mass is 10.1. The van der Waals surface area contributed by atoms with E-state index in [1.54, 1.807) is 0 Å². The molecule has 2 aromatic rings. The number of carbonyl (C=O) groups is 2. The maximum Gasteiger partial charge on any atom is 0.331 e. The number of nitrogens with zero attached hydrogens (tertiary/aromatic N) is 2. The van der Waals surface area contributed by atoms with Crippen molar-refractivity contribution in [2.24, 2.45) is 0 Å². The number of hydrogen-bond donors (Lipinski definition) is 2. The summed E-state index contributed by atoms with van der Waals surface area (Å²) in [7, 11) is 0. The first-order valence-electron chi connectivity index (χ1n) is 8.18. The first-order chi connectivity index (χ1) is 14.2. The zero-order valence-electron chi connectivity index (χ0n) is 15.1. The van der Waals surface area contributed by atoms with E-state index in [0.717, 1.165) is 24.3 Å². The minimum absolute atomic E-state index is 0.0577. The van der Waals surface area contributed by atoms with Crippen LogP contribution in [0.25, 0.3) is 12.2 Å². The summed E-state index contributed by atoms with van der Waals surface area (Å²) in [6, 6.07) is 7.31. The summed E-state index contributed by atoms with van der Waals surface area (Å²) in [5.74, 6) is -2.62. The molecule has 154 valence electrons. The van der Waals surface area contributed by atoms with Gasteiger partial charge in [0.2, 0.25) is 0 Å². The Labute approximate surface area is 168 Å². The average Bonchev–Trinajstić information content (AvgIpc) is 2.68. The van der Waals surface area contributed by atoms with Crippen LogP contribution in [0, 0.1) is 20.2 Å². The number of nitro groups is 2. The predicted octanol–water partition coefficient (Wildman–Crippen LogP) is 3.06. The maximum atomic E-state index is 11.9. The van der Waals surface area contributed by atoms with Crippen LogP contribution in [-0.2, 0) is 20.9 Å². The van der Waals surface area contributed by atoms with Gasteiger partial charge in [0.15, 0.2) is 5.75 Å². The molecule has 0 bridgehead atoms. The fourth-order valence-electron chi connectivity index (χ4n) is 2.33. The van der Waals surface area contributed by atoms with Gasteiger partial charge in [0.25, 0.3) is 5.69 Å². The minimum Gasteiger partial charge on any atom is -0.502 e. The second-order valence-corrected chi connectivity index (χ2v) is 5.76. The Bertz CT molecular complexity index is 1070. The molecule has 0 heterocycles. The van der Waals surface area contributed by atoms with Crippen LogP contribution >= 0.6 is 0 Å². The van der Waals surface area contributed by atoms with Gasteiger partial charge in [0.1, 0.15) is 6.61 Å². The fraction of sp³-hybridized carbons (Fsp3) is 0.0526. The third kappa shape index (κ3) is 5.99. The maximum absolute atomic E-state index is 11.9. The summed E-state index contributed by atoms with van der Waals surface area (Å²) in [4.78, 5) is 42.8. The van der Waals surface area contributed by atoms with Crippen molar-refractivity contribution >= 4 is 35.5 Å². The zero-order chi connectivity index (χ0) is 22.3. The molecule has 0 aliphatic carbocycles. The summed E-state index contributed by atoms with van der Waals surface area (Å²) in [5.41, 5.74) is -0.0755. The molecule has 0 fully saturated rings. The van der Waals surface area contributed by atoms with Gasteiger partial charge < -0.3 is 14.9 Å². The molecule has 0 aromatic heterocycles. The highest BCUT2D eigenvalue weighted by Crippen LogP contribution is 2.27. The van der Waals surface area contributed by atoms with Gasteiger partial charge in [0, 0.05) is 24.3 Å². The van der Waals surface area contributed by atoms with Crippen molar-refractivity contribution in [3.05, 3.63) is 85.5 Å². The largest absolute Gasteiger partial charge is 0.502 e. The van der Waals surface area contributed by atoms with Crippen molar-refractivity contribution < 1.29 is 34.4 Å². The molecule has 2 N–H and O–H groups in total. The number of nitro benzene ring substituents is 2. The molecule has 2 rings (SSSR count). The molecule has 0 atom stereocenters. The van der Waals surface area contributed by atoms with Crippen LogP contribution in [0.1, 0.15) is 16.7 Å². The molecule has 30 heavy (non-hydrogen) atoms. The van der Waals surface area contributed by atoms with E-state index in [2.05, 4.69) is 0 Å². The van der Waals surface area contributed by atoms with E-state index in [4.69, 9.17) is 9.84 Å². The molecule has 11 heteroatoms. The topological polar surface area (TPSA) is 170 Å². The van der Waals surface area contributed by atoms with E-state index in [1.165, 1.54) is 36.4 Å². The van der Waals surface area contributed by atoms with Crippen molar-refractivity contribution in [2.45, 2.75) is 6.61 Å². The monoisotopic (exact) mass is 414 g/mol. The lowest BCUT2D eigenvalue weighted by Gasteiger charge is -2.05. The number of esters is 1. The molecule has 0 spiro atoms. The molecule has 0 saturated carbocycles. The van der Waals surface area contributed by atoms with Crippen LogP contribution in [0.4, 0.5) is 11.4 Å². The lowest BCUT2D eigenvalue weighted by molar-refractivity contribution is -0.386. The highest BCUT2D eigenvalue weighted by atomic mass is 16.6. The minimum atomic E-state index is -1.19. The van der Waals surface area contributed by atoms with Crippen LogP contribution in [0.5, 0.6) is 5.75 Å². The predicted molar refractivity (Wildman–Crippen MR) is 103 cm³/mol. The average molecular weight is 414 g/mol. The number of ether oxygens (including phenoxy) is 1. The number of phenolic OH excluding ortho intramolecular Hbond substituents is 1. The number of carbonyl (C=O) groups excluding carboxylic acids is 1. The molecule has 0 saturated heterocycles. The molecule has 0 aliphatic heterocycles. The van der Waals surface area contributed by atoms with Crippen LogP contribution in [0.15, 0.2) is 48.6 Å². The molecular formula is C19H14N2O9. The standard InChI is InChI=1S/C19H14N2O9/c22-17-10-13(2-6-16(17)21(28)29)4-8-19(25)30-11-14-9-12(3-7-18(23)24)1-5-15(14)20(26)27/h1-10,22H,11H2,(H,23,24)/b7-3+,8-4+. The van der Waals surface area contributed by atoms with Crippen LogP contribution < -0.4 is 0 Å². The summed E-state index contributed by atoms with van der Waals surface area (Å²) < 4.78 is 4.97. The van der Waals surface area contributed by atoms with Crippen molar-refractivity contribution in [3.63, 3.8) is 0 Å². The third-order valence-corrected chi connectivity index (χ3v) is 3.70. The smallest absolute Gasteiger partial charge is 0.331 e. The van der Waals surface area contributed by atoms with E-state index in [1.807, 2.05) is 0 Å². The van der Waals surface area contributed by atoms with Crippen molar-refractivity contribution in [3.8, 4) is 5.75 Å². The Morgan fingerprint density at radius 1 is 0.933 bits per heavy atom. The van der Waals surface area contributed by atoms with Crippen LogP contribution in [0.2, 0.25) is 0 Å². The number of hydrogen-bond acceptors (Lipinski definition) is 8. The molecular weight excluding hydrogens is 400 g/mol.